The van der Waals surface area contributed by atoms with Crippen molar-refractivity contribution in [2.24, 2.45) is 0 Å². The molecule has 0 aliphatic rings. The molecule has 0 spiro atoms. The molecule has 0 aliphatic carbocycles. The second-order valence-corrected chi connectivity index (χ2v) is 4.58. The van der Waals surface area contributed by atoms with Crippen molar-refractivity contribution in [3.8, 4) is 29.9 Å². The molecule has 0 amide bonds. The van der Waals surface area contributed by atoms with Crippen molar-refractivity contribution in [3.63, 3.8) is 0 Å². The molecule has 0 saturated carbocycles. The number of methoxy groups -OCH3 is 1. The fourth-order valence-electron chi connectivity index (χ4n) is 2.02. The number of ether oxygens (including phenoxy) is 2. The highest BCUT2D eigenvalue weighted by Crippen LogP contribution is 2.29. The predicted molar refractivity (Wildman–Crippen MR) is 87.2 cm³/mol. The van der Waals surface area contributed by atoms with Gasteiger partial charge in [-0.2, -0.15) is 5.26 Å². The molecule has 114 valence electrons. The molecule has 0 fully saturated rings. The third-order valence-electron chi connectivity index (χ3n) is 3.07. The largest absolute Gasteiger partial charge is 0.493 e. The molecule has 2 rings (SSSR count). The summed E-state index contributed by atoms with van der Waals surface area (Å²) >= 11 is 0. The zero-order chi connectivity index (χ0) is 16.7. The van der Waals surface area contributed by atoms with Gasteiger partial charge in [-0.3, -0.25) is 0 Å². The summed E-state index contributed by atoms with van der Waals surface area (Å²) in [7, 11) is 1.52. The number of hydrogen-bond donors (Lipinski definition) is 0. The first-order chi connectivity index (χ1) is 11.2. The van der Waals surface area contributed by atoms with Crippen molar-refractivity contribution in [1.82, 2.24) is 0 Å². The Morgan fingerprint density at radius 2 is 2.09 bits per heavy atom. The van der Waals surface area contributed by atoms with E-state index in [4.69, 9.17) is 15.9 Å². The van der Waals surface area contributed by atoms with Crippen molar-refractivity contribution in [2.75, 3.05) is 13.7 Å². The van der Waals surface area contributed by atoms with Crippen molar-refractivity contribution in [2.45, 2.75) is 0 Å². The number of halogens is 1. The quantitative estimate of drug-likeness (QED) is 0.478. The molecular formula is C19H14FNO2. The van der Waals surface area contributed by atoms with Gasteiger partial charge in [-0.1, -0.05) is 24.1 Å². The molecule has 0 N–H and O–H groups in total. The minimum atomic E-state index is -0.390. The van der Waals surface area contributed by atoms with Crippen LogP contribution in [0.15, 0.2) is 42.5 Å². The minimum Gasteiger partial charge on any atom is -0.493 e. The molecule has 2 aromatic rings. The molecule has 4 heteroatoms. The lowest BCUT2D eigenvalue weighted by atomic mass is 10.0. The maximum atomic E-state index is 13.3. The lowest BCUT2D eigenvalue weighted by Gasteiger charge is -2.09. The van der Waals surface area contributed by atoms with Gasteiger partial charge in [-0.15, -0.1) is 6.42 Å². The maximum Gasteiger partial charge on any atom is 0.162 e. The fraction of sp³-hybridized carbons (Fsp3) is 0.105. The molecule has 0 bridgehead atoms. The van der Waals surface area contributed by atoms with Crippen LogP contribution in [0.1, 0.15) is 11.1 Å². The summed E-state index contributed by atoms with van der Waals surface area (Å²) in [5, 5.41) is 9.31. The van der Waals surface area contributed by atoms with E-state index in [0.717, 1.165) is 5.56 Å². The molecule has 23 heavy (non-hydrogen) atoms. The standard InChI is InChI=1S/C19H14FNO2/c1-3-9-23-18-8-7-14(11-19(18)22-2)10-16(13-21)15-5-4-6-17(20)12-15/h1,4-8,10-12H,9H2,2H3/b16-10+. The third-order valence-corrected chi connectivity index (χ3v) is 3.07. The number of benzene rings is 2. The van der Waals surface area contributed by atoms with E-state index in [-0.39, 0.29) is 12.4 Å². The molecule has 0 atom stereocenters. The summed E-state index contributed by atoms with van der Waals surface area (Å²) in [6, 6.07) is 13.2. The molecular weight excluding hydrogens is 293 g/mol. The van der Waals surface area contributed by atoms with Crippen molar-refractivity contribution < 1.29 is 13.9 Å². The number of hydrogen-bond acceptors (Lipinski definition) is 3. The molecule has 2 aromatic carbocycles. The van der Waals surface area contributed by atoms with Gasteiger partial charge in [-0.05, 0) is 41.5 Å². The smallest absolute Gasteiger partial charge is 0.162 e. The second-order valence-electron chi connectivity index (χ2n) is 4.58. The minimum absolute atomic E-state index is 0.137. The van der Waals surface area contributed by atoms with E-state index in [2.05, 4.69) is 12.0 Å². The highest BCUT2D eigenvalue weighted by Gasteiger charge is 2.07. The van der Waals surface area contributed by atoms with Crippen LogP contribution < -0.4 is 9.47 Å². The van der Waals surface area contributed by atoms with Crippen LogP contribution in [0.5, 0.6) is 11.5 Å². The predicted octanol–water partition coefficient (Wildman–Crippen LogP) is 3.91. The Morgan fingerprint density at radius 3 is 2.74 bits per heavy atom. The van der Waals surface area contributed by atoms with E-state index in [1.165, 1.54) is 19.2 Å². The van der Waals surface area contributed by atoms with E-state index in [0.29, 0.717) is 22.6 Å². The highest BCUT2D eigenvalue weighted by molar-refractivity contribution is 5.89. The molecule has 0 saturated heterocycles. The van der Waals surface area contributed by atoms with Gasteiger partial charge in [0.1, 0.15) is 12.4 Å². The Kier molecular flexibility index (Phi) is 5.39. The summed E-state index contributed by atoms with van der Waals surface area (Å²) in [5.41, 5.74) is 1.60. The topological polar surface area (TPSA) is 42.2 Å². The molecule has 0 radical (unpaired) electrons. The van der Waals surface area contributed by atoms with Crippen LogP contribution in [0.2, 0.25) is 0 Å². The van der Waals surface area contributed by atoms with E-state index < -0.39 is 0 Å². The second kappa shape index (κ2) is 7.68. The van der Waals surface area contributed by atoms with Gasteiger partial charge in [0.25, 0.3) is 0 Å². The lowest BCUT2D eigenvalue weighted by molar-refractivity contribution is 0.331. The number of allylic oxidation sites excluding steroid dienone is 1. The Hall–Kier alpha value is -3.24. The summed E-state index contributed by atoms with van der Waals surface area (Å²) in [5.74, 6) is 3.02. The highest BCUT2D eigenvalue weighted by atomic mass is 19.1. The molecule has 0 heterocycles. The maximum absolute atomic E-state index is 13.3. The monoisotopic (exact) mass is 307 g/mol. The van der Waals surface area contributed by atoms with Crippen molar-refractivity contribution in [3.05, 3.63) is 59.4 Å². The Bertz CT molecular complexity index is 813. The molecule has 3 nitrogen and oxygen atoms in total. The van der Waals surface area contributed by atoms with Gasteiger partial charge in [-0.25, -0.2) is 4.39 Å². The van der Waals surface area contributed by atoms with Crippen molar-refractivity contribution in [1.29, 1.82) is 5.26 Å². The van der Waals surface area contributed by atoms with E-state index >= 15 is 0 Å². The first-order valence-corrected chi connectivity index (χ1v) is 6.80. The first-order valence-electron chi connectivity index (χ1n) is 6.80. The number of nitriles is 1. The van der Waals surface area contributed by atoms with Crippen LogP contribution in [-0.4, -0.2) is 13.7 Å². The zero-order valence-corrected chi connectivity index (χ0v) is 12.5. The third kappa shape index (κ3) is 4.12. The van der Waals surface area contributed by atoms with Gasteiger partial charge in [0.15, 0.2) is 11.5 Å². The van der Waals surface area contributed by atoms with Crippen LogP contribution in [-0.2, 0) is 0 Å². The molecule has 0 aliphatic heterocycles. The van der Waals surface area contributed by atoms with Gasteiger partial charge >= 0.3 is 0 Å². The van der Waals surface area contributed by atoms with E-state index in [1.807, 2.05) is 0 Å². The van der Waals surface area contributed by atoms with E-state index in [9.17, 15) is 9.65 Å². The van der Waals surface area contributed by atoms with Crippen molar-refractivity contribution >= 4 is 11.6 Å². The molecule has 0 unspecified atom stereocenters. The van der Waals surface area contributed by atoms with E-state index in [1.54, 1.807) is 36.4 Å². The van der Waals surface area contributed by atoms with Crippen LogP contribution in [0.4, 0.5) is 4.39 Å². The summed E-state index contributed by atoms with van der Waals surface area (Å²) < 4.78 is 23.9. The van der Waals surface area contributed by atoms with Gasteiger partial charge in [0, 0.05) is 0 Å². The van der Waals surface area contributed by atoms with Gasteiger partial charge in [0.2, 0.25) is 0 Å². The van der Waals surface area contributed by atoms with Crippen LogP contribution >= 0.6 is 0 Å². The van der Waals surface area contributed by atoms with Gasteiger partial charge < -0.3 is 9.47 Å². The Labute approximate surface area is 134 Å². The lowest BCUT2D eigenvalue weighted by Crippen LogP contribution is -1.96. The number of rotatable bonds is 5. The number of terminal acetylenes is 1. The summed E-state index contributed by atoms with van der Waals surface area (Å²) in [6.45, 7) is 0.137. The molecule has 0 aromatic heterocycles. The Balaban J connectivity index is 2.37. The zero-order valence-electron chi connectivity index (χ0n) is 12.5. The summed E-state index contributed by atoms with van der Waals surface area (Å²) in [6.07, 6.45) is 6.82. The Morgan fingerprint density at radius 1 is 1.26 bits per heavy atom. The average Bonchev–Trinajstić information content (AvgIpc) is 2.58. The van der Waals surface area contributed by atoms with Crippen LogP contribution in [0.3, 0.4) is 0 Å². The first kappa shape index (κ1) is 16.1. The SMILES string of the molecule is C#CCOc1ccc(/C=C(\C#N)c2cccc(F)c2)cc1OC. The normalized spacial score (nSPS) is 10.5. The fourth-order valence-corrected chi connectivity index (χ4v) is 2.02. The number of nitrogens with zero attached hydrogens (tertiary/aromatic N) is 1. The average molecular weight is 307 g/mol. The van der Waals surface area contributed by atoms with Crippen LogP contribution in [0.25, 0.3) is 11.6 Å². The van der Waals surface area contributed by atoms with Gasteiger partial charge in [0.05, 0.1) is 18.8 Å². The summed E-state index contributed by atoms with van der Waals surface area (Å²) in [4.78, 5) is 0. The van der Waals surface area contributed by atoms with Crippen LogP contribution in [0, 0.1) is 29.5 Å².